The molecule has 2 rings (SSSR count). The molecule has 1 aromatic rings. The molecule has 0 saturated carbocycles. The maximum atomic E-state index is 11.9. The Morgan fingerprint density at radius 2 is 1.95 bits per heavy atom. The van der Waals surface area contributed by atoms with Gasteiger partial charge in [0.05, 0.1) is 5.69 Å². The summed E-state index contributed by atoms with van der Waals surface area (Å²) in [4.78, 5) is 0. The zero-order chi connectivity index (χ0) is 13.9. The third-order valence-corrected chi connectivity index (χ3v) is 4.21. The van der Waals surface area contributed by atoms with Gasteiger partial charge in [-0.05, 0) is 56.5 Å². The van der Waals surface area contributed by atoms with Crippen molar-refractivity contribution in [3.63, 3.8) is 0 Å². The molecule has 6 heteroatoms. The van der Waals surface area contributed by atoms with E-state index < -0.39 is 10.2 Å². The smallest absolute Gasteiger partial charge is 0.299 e. The fourth-order valence-electron chi connectivity index (χ4n) is 2.37. The first-order valence-corrected chi connectivity index (χ1v) is 8.02. The molecule has 19 heavy (non-hydrogen) atoms. The Balaban J connectivity index is 1.95. The molecule has 0 radical (unpaired) electrons. The zero-order valence-electron chi connectivity index (χ0n) is 11.4. The summed E-state index contributed by atoms with van der Waals surface area (Å²) >= 11 is 0. The standard InChI is InChI=1S/C13H21N3O2S/c1-10-6-11(2)8-13(7-10)16-19(17,18)15-9-12-4-3-5-14-12/h6-8,12,14-16H,3-5,9H2,1-2H3/t12-/m0/s1. The van der Waals surface area contributed by atoms with Crippen LogP contribution in [0.25, 0.3) is 0 Å². The van der Waals surface area contributed by atoms with E-state index in [1.165, 1.54) is 0 Å². The quantitative estimate of drug-likeness (QED) is 0.763. The molecule has 1 fully saturated rings. The molecule has 1 saturated heterocycles. The first-order valence-electron chi connectivity index (χ1n) is 6.54. The first kappa shape index (κ1) is 14.3. The molecule has 3 N–H and O–H groups in total. The fraction of sp³-hybridized carbons (Fsp3) is 0.538. The van der Waals surface area contributed by atoms with Gasteiger partial charge >= 0.3 is 0 Å². The van der Waals surface area contributed by atoms with Gasteiger partial charge in [0.15, 0.2) is 0 Å². The highest BCUT2D eigenvalue weighted by atomic mass is 32.2. The lowest BCUT2D eigenvalue weighted by molar-refractivity contribution is 0.555. The monoisotopic (exact) mass is 283 g/mol. The molecular weight excluding hydrogens is 262 g/mol. The van der Waals surface area contributed by atoms with Crippen LogP contribution in [0.1, 0.15) is 24.0 Å². The van der Waals surface area contributed by atoms with Gasteiger partial charge in [0, 0.05) is 12.6 Å². The summed E-state index contributed by atoms with van der Waals surface area (Å²) in [5.74, 6) is 0. The van der Waals surface area contributed by atoms with Crippen molar-refractivity contribution in [3.8, 4) is 0 Å². The predicted octanol–water partition coefficient (Wildman–Crippen LogP) is 1.30. The van der Waals surface area contributed by atoms with Crippen molar-refractivity contribution < 1.29 is 8.42 Å². The molecule has 1 heterocycles. The van der Waals surface area contributed by atoms with E-state index in [1.807, 2.05) is 32.0 Å². The van der Waals surface area contributed by atoms with Crippen molar-refractivity contribution in [1.29, 1.82) is 0 Å². The van der Waals surface area contributed by atoms with Gasteiger partial charge in [-0.1, -0.05) is 6.07 Å². The lowest BCUT2D eigenvalue weighted by Crippen LogP contribution is -2.39. The average Bonchev–Trinajstić information content (AvgIpc) is 2.77. The molecule has 106 valence electrons. The van der Waals surface area contributed by atoms with Crippen LogP contribution in [0.3, 0.4) is 0 Å². The minimum absolute atomic E-state index is 0.246. The summed E-state index contributed by atoms with van der Waals surface area (Å²) in [6.45, 7) is 5.29. The van der Waals surface area contributed by atoms with Crippen LogP contribution in [0.5, 0.6) is 0 Å². The van der Waals surface area contributed by atoms with Gasteiger partial charge in [-0.25, -0.2) is 0 Å². The first-order chi connectivity index (χ1) is 8.94. The molecule has 0 aromatic heterocycles. The Labute approximate surface area is 115 Å². The van der Waals surface area contributed by atoms with E-state index in [9.17, 15) is 8.42 Å². The van der Waals surface area contributed by atoms with E-state index in [1.54, 1.807) is 0 Å². The lowest BCUT2D eigenvalue weighted by atomic mass is 10.1. The molecular formula is C13H21N3O2S. The number of rotatable bonds is 5. The number of aryl methyl sites for hydroxylation is 2. The highest BCUT2D eigenvalue weighted by molar-refractivity contribution is 7.90. The molecule has 0 bridgehead atoms. The minimum atomic E-state index is -3.50. The van der Waals surface area contributed by atoms with Crippen molar-refractivity contribution in [2.45, 2.75) is 32.7 Å². The Bertz CT molecular complexity index is 517. The van der Waals surface area contributed by atoms with E-state index in [4.69, 9.17) is 0 Å². The number of hydrogen-bond acceptors (Lipinski definition) is 3. The van der Waals surface area contributed by atoms with Gasteiger partial charge in [-0.3, -0.25) is 4.72 Å². The van der Waals surface area contributed by atoms with Crippen LogP contribution >= 0.6 is 0 Å². The number of benzene rings is 1. The van der Waals surface area contributed by atoms with E-state index >= 15 is 0 Å². The minimum Gasteiger partial charge on any atom is -0.313 e. The van der Waals surface area contributed by atoms with E-state index in [-0.39, 0.29) is 6.04 Å². The SMILES string of the molecule is Cc1cc(C)cc(NS(=O)(=O)NC[C@@H]2CCCN2)c1. The predicted molar refractivity (Wildman–Crippen MR) is 77.5 cm³/mol. The van der Waals surface area contributed by atoms with Crippen LogP contribution < -0.4 is 14.8 Å². The van der Waals surface area contributed by atoms with Crippen molar-refractivity contribution in [2.75, 3.05) is 17.8 Å². The lowest BCUT2D eigenvalue weighted by Gasteiger charge is -2.14. The van der Waals surface area contributed by atoms with Gasteiger partial charge in [-0.15, -0.1) is 0 Å². The number of hydrogen-bond donors (Lipinski definition) is 3. The Hall–Kier alpha value is -1.11. The van der Waals surface area contributed by atoms with Crippen LogP contribution in [0.2, 0.25) is 0 Å². The summed E-state index contributed by atoms with van der Waals surface area (Å²) in [5.41, 5.74) is 2.68. The molecule has 1 aliphatic rings. The summed E-state index contributed by atoms with van der Waals surface area (Å²) in [6.07, 6.45) is 2.13. The molecule has 0 aliphatic carbocycles. The van der Waals surface area contributed by atoms with Crippen molar-refractivity contribution in [2.24, 2.45) is 0 Å². The van der Waals surface area contributed by atoms with Crippen molar-refractivity contribution in [1.82, 2.24) is 10.0 Å². The van der Waals surface area contributed by atoms with E-state index in [2.05, 4.69) is 14.8 Å². The average molecular weight is 283 g/mol. The highest BCUT2D eigenvalue weighted by Gasteiger charge is 2.17. The molecule has 0 unspecified atom stereocenters. The summed E-state index contributed by atoms with van der Waals surface area (Å²) in [6, 6.07) is 5.89. The van der Waals surface area contributed by atoms with Crippen LogP contribution in [-0.4, -0.2) is 27.5 Å². The second-order valence-corrected chi connectivity index (χ2v) is 6.62. The third-order valence-electron chi connectivity index (χ3n) is 3.16. The molecule has 1 atom stereocenters. The Morgan fingerprint density at radius 3 is 2.53 bits per heavy atom. The fourth-order valence-corrected chi connectivity index (χ4v) is 3.29. The maximum absolute atomic E-state index is 11.9. The summed E-state index contributed by atoms with van der Waals surface area (Å²) < 4.78 is 29.0. The van der Waals surface area contributed by atoms with E-state index in [0.717, 1.165) is 30.5 Å². The third kappa shape index (κ3) is 4.49. The van der Waals surface area contributed by atoms with E-state index in [0.29, 0.717) is 12.2 Å². The van der Waals surface area contributed by atoms with Crippen LogP contribution in [0, 0.1) is 13.8 Å². The maximum Gasteiger partial charge on any atom is 0.299 e. The van der Waals surface area contributed by atoms with Crippen LogP contribution in [0.4, 0.5) is 5.69 Å². The second-order valence-electron chi connectivity index (χ2n) is 5.12. The van der Waals surface area contributed by atoms with Crippen LogP contribution in [-0.2, 0) is 10.2 Å². The number of anilines is 1. The summed E-state index contributed by atoms with van der Waals surface area (Å²) in [7, 11) is -3.50. The molecule has 0 spiro atoms. The van der Waals surface area contributed by atoms with Crippen LogP contribution in [0.15, 0.2) is 18.2 Å². The molecule has 0 amide bonds. The largest absolute Gasteiger partial charge is 0.313 e. The van der Waals surface area contributed by atoms with Gasteiger partial charge in [0.1, 0.15) is 0 Å². The van der Waals surface area contributed by atoms with Gasteiger partial charge in [0.2, 0.25) is 0 Å². The number of nitrogens with one attached hydrogen (secondary N) is 3. The topological polar surface area (TPSA) is 70.2 Å². The Kier molecular flexibility index (Phi) is 4.44. The highest BCUT2D eigenvalue weighted by Crippen LogP contribution is 2.14. The molecule has 5 nitrogen and oxygen atoms in total. The van der Waals surface area contributed by atoms with Gasteiger partial charge in [-0.2, -0.15) is 13.1 Å². The second kappa shape index (κ2) is 5.90. The normalized spacial score (nSPS) is 19.6. The van der Waals surface area contributed by atoms with Gasteiger partial charge in [0.25, 0.3) is 10.2 Å². The van der Waals surface area contributed by atoms with Crippen molar-refractivity contribution in [3.05, 3.63) is 29.3 Å². The molecule has 1 aromatic carbocycles. The summed E-state index contributed by atoms with van der Waals surface area (Å²) in [5, 5.41) is 3.26. The molecule has 1 aliphatic heterocycles. The Morgan fingerprint density at radius 1 is 1.26 bits per heavy atom. The van der Waals surface area contributed by atoms with Crippen molar-refractivity contribution >= 4 is 15.9 Å². The van der Waals surface area contributed by atoms with Gasteiger partial charge < -0.3 is 5.32 Å². The zero-order valence-corrected chi connectivity index (χ0v) is 12.2.